The van der Waals surface area contributed by atoms with Crippen molar-refractivity contribution in [3.8, 4) is 5.75 Å². The van der Waals surface area contributed by atoms with E-state index in [0.29, 0.717) is 19.6 Å². The first-order valence-corrected chi connectivity index (χ1v) is 7.23. The molecule has 1 fully saturated rings. The molecule has 0 bridgehead atoms. The fourth-order valence-corrected chi connectivity index (χ4v) is 2.68. The van der Waals surface area contributed by atoms with Gasteiger partial charge in [0.15, 0.2) is 0 Å². The van der Waals surface area contributed by atoms with E-state index in [1.54, 1.807) is 11.9 Å². The van der Waals surface area contributed by atoms with Crippen LogP contribution in [0.15, 0.2) is 30.3 Å². The van der Waals surface area contributed by atoms with Crippen molar-refractivity contribution in [2.24, 2.45) is 0 Å². The Labute approximate surface area is 120 Å². The fourth-order valence-electron chi connectivity index (χ4n) is 2.68. The number of aliphatic hydroxyl groups is 1. The summed E-state index contributed by atoms with van der Waals surface area (Å²) in [5.74, 6) is 0.790. The Kier molecular flexibility index (Phi) is 5.01. The van der Waals surface area contributed by atoms with Crippen LogP contribution in [0.1, 0.15) is 32.1 Å². The highest BCUT2D eigenvalue weighted by Crippen LogP contribution is 2.29. The highest BCUT2D eigenvalue weighted by molar-refractivity contribution is 5.76. The number of hydrogen-bond acceptors (Lipinski definition) is 3. The van der Waals surface area contributed by atoms with Crippen LogP contribution < -0.4 is 4.74 Å². The zero-order valence-corrected chi connectivity index (χ0v) is 12.0. The third-order valence-electron chi connectivity index (χ3n) is 3.82. The van der Waals surface area contributed by atoms with Crippen molar-refractivity contribution in [3.05, 3.63) is 30.3 Å². The Morgan fingerprint density at radius 1 is 1.30 bits per heavy atom. The summed E-state index contributed by atoms with van der Waals surface area (Å²) in [6.07, 6.45) is 4.03. The third kappa shape index (κ3) is 4.23. The molecule has 0 heterocycles. The van der Waals surface area contributed by atoms with Gasteiger partial charge in [0.25, 0.3) is 0 Å². The minimum absolute atomic E-state index is 0.0151. The summed E-state index contributed by atoms with van der Waals surface area (Å²) in [5.41, 5.74) is -0.676. The molecule has 0 spiro atoms. The van der Waals surface area contributed by atoms with Crippen molar-refractivity contribution in [1.29, 1.82) is 0 Å². The van der Waals surface area contributed by atoms with Gasteiger partial charge in [-0.3, -0.25) is 4.79 Å². The number of likely N-dealkylation sites (N-methyl/N-ethyl adjacent to an activating group) is 1. The SMILES string of the molecule is CN(CC1(O)CCCC1)C(=O)CCOc1ccccc1. The van der Waals surface area contributed by atoms with Gasteiger partial charge in [0.1, 0.15) is 5.75 Å². The van der Waals surface area contributed by atoms with Crippen LogP contribution in [0.5, 0.6) is 5.75 Å². The Balaban J connectivity index is 1.71. The summed E-state index contributed by atoms with van der Waals surface area (Å²) < 4.78 is 5.51. The molecule has 1 aliphatic carbocycles. The lowest BCUT2D eigenvalue weighted by Gasteiger charge is -2.28. The Bertz CT molecular complexity index is 427. The molecule has 4 heteroatoms. The molecule has 1 aromatic rings. The third-order valence-corrected chi connectivity index (χ3v) is 3.82. The van der Waals surface area contributed by atoms with Crippen LogP contribution >= 0.6 is 0 Å². The van der Waals surface area contributed by atoms with Gasteiger partial charge in [-0.2, -0.15) is 0 Å². The van der Waals surface area contributed by atoms with Gasteiger partial charge >= 0.3 is 0 Å². The van der Waals surface area contributed by atoms with Crippen LogP contribution in [0.4, 0.5) is 0 Å². The predicted molar refractivity (Wildman–Crippen MR) is 77.6 cm³/mol. The number of nitrogens with zero attached hydrogens (tertiary/aromatic N) is 1. The summed E-state index contributed by atoms with van der Waals surface area (Å²) >= 11 is 0. The first-order chi connectivity index (χ1) is 9.59. The Hall–Kier alpha value is -1.55. The molecular formula is C16H23NO3. The highest BCUT2D eigenvalue weighted by atomic mass is 16.5. The number of hydrogen-bond donors (Lipinski definition) is 1. The van der Waals surface area contributed by atoms with Gasteiger partial charge < -0.3 is 14.7 Å². The largest absolute Gasteiger partial charge is 0.493 e. The van der Waals surface area contributed by atoms with Crippen molar-refractivity contribution in [2.75, 3.05) is 20.2 Å². The highest BCUT2D eigenvalue weighted by Gasteiger charge is 2.33. The van der Waals surface area contributed by atoms with Crippen molar-refractivity contribution < 1.29 is 14.6 Å². The summed E-state index contributed by atoms with van der Waals surface area (Å²) in [5, 5.41) is 10.3. The molecule has 1 saturated carbocycles. The number of para-hydroxylation sites is 1. The average molecular weight is 277 g/mol. The van der Waals surface area contributed by atoms with E-state index in [0.717, 1.165) is 31.4 Å². The molecule has 4 nitrogen and oxygen atoms in total. The number of rotatable bonds is 6. The van der Waals surface area contributed by atoms with Gasteiger partial charge in [0, 0.05) is 13.6 Å². The van der Waals surface area contributed by atoms with Crippen LogP contribution in [-0.4, -0.2) is 41.7 Å². The molecule has 0 atom stereocenters. The Morgan fingerprint density at radius 2 is 1.95 bits per heavy atom. The van der Waals surface area contributed by atoms with Crippen LogP contribution in [0.3, 0.4) is 0 Å². The van der Waals surface area contributed by atoms with Crippen LogP contribution in [0.25, 0.3) is 0 Å². The summed E-state index contributed by atoms with van der Waals surface area (Å²) in [4.78, 5) is 13.6. The fraction of sp³-hybridized carbons (Fsp3) is 0.562. The van der Waals surface area contributed by atoms with Crippen LogP contribution in [0, 0.1) is 0 Å². The van der Waals surface area contributed by atoms with E-state index in [2.05, 4.69) is 0 Å². The van der Waals surface area contributed by atoms with Crippen molar-refractivity contribution in [2.45, 2.75) is 37.7 Å². The van der Waals surface area contributed by atoms with Crippen molar-refractivity contribution in [3.63, 3.8) is 0 Å². The second-order valence-corrected chi connectivity index (χ2v) is 5.59. The summed E-state index contributed by atoms with van der Waals surface area (Å²) in [7, 11) is 1.75. The monoisotopic (exact) mass is 277 g/mol. The van der Waals surface area contributed by atoms with E-state index in [9.17, 15) is 9.90 Å². The van der Waals surface area contributed by atoms with Gasteiger partial charge in [-0.25, -0.2) is 0 Å². The van der Waals surface area contributed by atoms with E-state index in [-0.39, 0.29) is 5.91 Å². The second-order valence-electron chi connectivity index (χ2n) is 5.59. The first-order valence-electron chi connectivity index (χ1n) is 7.23. The smallest absolute Gasteiger partial charge is 0.225 e. The molecule has 0 aromatic heterocycles. The minimum Gasteiger partial charge on any atom is -0.493 e. The van der Waals surface area contributed by atoms with Gasteiger partial charge in [-0.05, 0) is 25.0 Å². The van der Waals surface area contributed by atoms with E-state index in [4.69, 9.17) is 4.74 Å². The zero-order valence-electron chi connectivity index (χ0n) is 12.0. The molecule has 2 rings (SSSR count). The maximum absolute atomic E-state index is 12.0. The zero-order chi connectivity index (χ0) is 14.4. The number of ether oxygens (including phenoxy) is 1. The molecule has 0 saturated heterocycles. The lowest BCUT2D eigenvalue weighted by molar-refractivity contribution is -0.133. The van der Waals surface area contributed by atoms with E-state index >= 15 is 0 Å². The normalized spacial score (nSPS) is 16.9. The molecule has 110 valence electrons. The molecule has 1 aliphatic rings. The molecule has 1 amide bonds. The molecular weight excluding hydrogens is 254 g/mol. The predicted octanol–water partition coefficient (Wildman–Crippen LogP) is 2.22. The van der Waals surface area contributed by atoms with Crippen LogP contribution in [0.2, 0.25) is 0 Å². The lowest BCUT2D eigenvalue weighted by Crippen LogP contribution is -2.42. The number of carbonyl (C=O) groups excluding carboxylic acids is 1. The molecule has 1 N–H and O–H groups in total. The second kappa shape index (κ2) is 6.75. The topological polar surface area (TPSA) is 49.8 Å². The van der Waals surface area contributed by atoms with E-state index < -0.39 is 5.60 Å². The minimum atomic E-state index is -0.676. The van der Waals surface area contributed by atoms with Gasteiger partial charge in [0.2, 0.25) is 5.91 Å². The number of benzene rings is 1. The van der Waals surface area contributed by atoms with Crippen molar-refractivity contribution in [1.82, 2.24) is 4.90 Å². The van der Waals surface area contributed by atoms with E-state index in [1.807, 2.05) is 30.3 Å². The lowest BCUT2D eigenvalue weighted by atomic mass is 10.0. The molecule has 0 unspecified atom stereocenters. The molecule has 20 heavy (non-hydrogen) atoms. The molecule has 0 aliphatic heterocycles. The molecule has 1 aromatic carbocycles. The number of carbonyl (C=O) groups is 1. The molecule has 0 radical (unpaired) electrons. The summed E-state index contributed by atoms with van der Waals surface area (Å²) in [6.45, 7) is 0.794. The van der Waals surface area contributed by atoms with Crippen molar-refractivity contribution >= 4 is 5.91 Å². The number of amides is 1. The van der Waals surface area contributed by atoms with Gasteiger partial charge in [-0.1, -0.05) is 31.0 Å². The standard InChI is InChI=1S/C16H23NO3/c1-17(13-16(19)10-5-6-11-16)15(18)9-12-20-14-7-3-2-4-8-14/h2-4,7-8,19H,5-6,9-13H2,1H3. The van der Waals surface area contributed by atoms with Gasteiger partial charge in [0.05, 0.1) is 18.6 Å². The quantitative estimate of drug-likeness (QED) is 0.867. The van der Waals surface area contributed by atoms with Crippen LogP contribution in [-0.2, 0) is 4.79 Å². The summed E-state index contributed by atoms with van der Waals surface area (Å²) in [6, 6.07) is 9.47. The van der Waals surface area contributed by atoms with Gasteiger partial charge in [-0.15, -0.1) is 0 Å². The average Bonchev–Trinajstić information content (AvgIpc) is 2.86. The maximum Gasteiger partial charge on any atom is 0.225 e. The van der Waals surface area contributed by atoms with E-state index in [1.165, 1.54) is 0 Å². The first kappa shape index (κ1) is 14.9. The maximum atomic E-state index is 12.0. The Morgan fingerprint density at radius 3 is 2.60 bits per heavy atom.